The van der Waals surface area contributed by atoms with Gasteiger partial charge in [-0.2, -0.15) is 45.7 Å². The summed E-state index contributed by atoms with van der Waals surface area (Å²) >= 11 is 0.267. The summed E-state index contributed by atoms with van der Waals surface area (Å²) in [5, 5.41) is -13.4. The van der Waals surface area contributed by atoms with Gasteiger partial charge in [-0.15, -0.1) is 0 Å². The Labute approximate surface area is 224 Å². The lowest BCUT2D eigenvalue weighted by Gasteiger charge is -2.41. The van der Waals surface area contributed by atoms with Gasteiger partial charge in [-0.25, -0.2) is 3.63 Å². The van der Waals surface area contributed by atoms with Crippen molar-refractivity contribution in [1.82, 2.24) is 0 Å². The van der Waals surface area contributed by atoms with Crippen LogP contribution in [0.15, 0.2) is 106 Å². The van der Waals surface area contributed by atoms with Gasteiger partial charge in [0.2, 0.25) is 0 Å². The molecule has 0 saturated heterocycles. The lowest BCUT2D eigenvalue weighted by Crippen LogP contribution is -2.60. The molecule has 0 atom stereocenters. The van der Waals surface area contributed by atoms with Crippen LogP contribution in [0.25, 0.3) is 0 Å². The molecule has 0 amide bonds. The summed E-state index contributed by atoms with van der Waals surface area (Å²) in [6.45, 7) is 0. The van der Waals surface area contributed by atoms with E-state index in [2.05, 4.69) is 2.51 Å². The van der Waals surface area contributed by atoms with E-state index < -0.39 is 47.0 Å². The van der Waals surface area contributed by atoms with Crippen molar-refractivity contribution in [3.05, 3.63) is 91.0 Å². The summed E-state index contributed by atoms with van der Waals surface area (Å²) in [5.74, 6) is -7.02. The highest BCUT2D eigenvalue weighted by molar-refractivity contribution is 14.1. The third kappa shape index (κ3) is 4.87. The van der Waals surface area contributed by atoms with E-state index >= 15 is 0 Å². The molecule has 0 spiro atoms. The van der Waals surface area contributed by atoms with Crippen LogP contribution < -0.4 is 0 Å². The van der Waals surface area contributed by atoms with Crippen molar-refractivity contribution in [3.63, 3.8) is 0 Å². The Hall–Kier alpha value is -1.86. The van der Waals surface area contributed by atoms with Crippen LogP contribution in [0.2, 0.25) is 0 Å². The first kappa shape index (κ1) is 29.7. The Kier molecular flexibility index (Phi) is 8.32. The average molecular weight is 700 g/mol. The fourth-order valence-electron chi connectivity index (χ4n) is 3.06. The maximum Gasteiger partial charge on any atom is 0.440 e. The Morgan fingerprint density at radius 3 is 1.14 bits per heavy atom. The molecular weight excluding hydrogens is 685 g/mol. The molecule has 0 aliphatic rings. The standard InChI is InChI=1S/C21H15F6IO6S3/c22-19(23,20(24,25)36(29,30)33-28)21(26,27)37(31,32)34-35(16-10-4-1-5-11-16,17-12-6-2-7-13-17)18-14-8-3-9-15-18/h1-15H. The molecule has 3 rings (SSSR count). The van der Waals surface area contributed by atoms with Gasteiger partial charge in [0.05, 0.1) is 0 Å². The number of hydrogen-bond acceptors (Lipinski definition) is 6. The minimum Gasteiger partial charge on any atom is -0.202 e. The van der Waals surface area contributed by atoms with Crippen LogP contribution in [0.5, 0.6) is 0 Å². The molecule has 0 heterocycles. The first-order valence-electron chi connectivity index (χ1n) is 9.71. The summed E-state index contributed by atoms with van der Waals surface area (Å²) in [5.41, 5.74) is 0. The van der Waals surface area contributed by atoms with Crippen molar-refractivity contribution in [2.75, 3.05) is 0 Å². The lowest BCUT2D eigenvalue weighted by molar-refractivity contribution is -0.246. The van der Waals surface area contributed by atoms with Gasteiger partial charge >= 0.3 is 36.7 Å². The number of hydrogen-bond donors (Lipinski definition) is 0. The van der Waals surface area contributed by atoms with Crippen molar-refractivity contribution >= 4 is 53.6 Å². The highest BCUT2D eigenvalue weighted by Crippen LogP contribution is 2.71. The summed E-state index contributed by atoms with van der Waals surface area (Å²) in [6, 6.07) is 20.5. The van der Waals surface area contributed by atoms with Crippen LogP contribution >= 0.6 is 33.3 Å². The quantitative estimate of drug-likeness (QED) is 0.172. The summed E-state index contributed by atoms with van der Waals surface area (Å²) in [7, 11) is -17.6. The molecule has 202 valence electrons. The number of alkyl halides is 6. The molecule has 0 saturated carbocycles. The maximum absolute atomic E-state index is 15.0. The predicted molar refractivity (Wildman–Crippen MR) is 131 cm³/mol. The molecule has 0 N–H and O–H groups in total. The molecular formula is C21H15F6IO6S3. The SMILES string of the molecule is O=S(=O)(OI)C(F)(F)C(F)(F)C(F)(F)S(=O)(=O)OS(c1ccccc1)(c1ccccc1)c1ccccc1. The minimum absolute atomic E-state index is 0.0648. The molecule has 0 aliphatic carbocycles. The second-order valence-electron chi connectivity index (χ2n) is 7.14. The first-order valence-corrected chi connectivity index (χ1v) is 15.0. The Morgan fingerprint density at radius 1 is 0.541 bits per heavy atom. The number of rotatable bonds is 10. The molecule has 3 aromatic rings. The monoisotopic (exact) mass is 700 g/mol. The van der Waals surface area contributed by atoms with Crippen LogP contribution in [-0.2, 0) is 26.4 Å². The molecule has 0 fully saturated rings. The van der Waals surface area contributed by atoms with E-state index in [9.17, 15) is 43.2 Å². The summed E-state index contributed by atoms with van der Waals surface area (Å²) in [6.07, 6.45) is 0. The van der Waals surface area contributed by atoms with Crippen LogP contribution in [0.4, 0.5) is 26.3 Å². The fraction of sp³-hybridized carbons (Fsp3) is 0.143. The fourth-order valence-corrected chi connectivity index (χ4v) is 9.57. The highest BCUT2D eigenvalue weighted by Gasteiger charge is 2.83. The summed E-state index contributed by atoms with van der Waals surface area (Å²) < 4.78 is 144. The van der Waals surface area contributed by atoms with Crippen LogP contribution in [0, 0.1) is 0 Å². The summed E-state index contributed by atoms with van der Waals surface area (Å²) in [4.78, 5) is -0.194. The van der Waals surface area contributed by atoms with E-state index in [-0.39, 0.29) is 37.7 Å². The predicted octanol–water partition coefficient (Wildman–Crippen LogP) is 6.75. The van der Waals surface area contributed by atoms with Gasteiger partial charge in [0, 0.05) is 14.7 Å². The van der Waals surface area contributed by atoms with Gasteiger partial charge in [-0.05, 0) is 46.7 Å². The zero-order valence-electron chi connectivity index (χ0n) is 18.0. The average Bonchev–Trinajstić information content (AvgIpc) is 2.88. The van der Waals surface area contributed by atoms with Gasteiger partial charge in [-0.1, -0.05) is 54.6 Å². The molecule has 0 unspecified atom stereocenters. The van der Waals surface area contributed by atoms with Gasteiger partial charge in [0.1, 0.15) is 23.0 Å². The van der Waals surface area contributed by atoms with E-state index in [0.29, 0.717) is 0 Å². The van der Waals surface area contributed by atoms with E-state index in [4.69, 9.17) is 3.63 Å². The van der Waals surface area contributed by atoms with Crippen molar-refractivity contribution in [1.29, 1.82) is 0 Å². The third-order valence-corrected chi connectivity index (χ3v) is 12.6. The maximum atomic E-state index is 15.0. The molecule has 6 nitrogen and oxygen atoms in total. The van der Waals surface area contributed by atoms with E-state index in [1.807, 2.05) is 0 Å². The molecule has 0 radical (unpaired) electrons. The van der Waals surface area contributed by atoms with Crippen LogP contribution in [-0.4, -0.2) is 33.3 Å². The Morgan fingerprint density at radius 2 is 0.838 bits per heavy atom. The molecule has 0 aliphatic heterocycles. The molecule has 37 heavy (non-hydrogen) atoms. The van der Waals surface area contributed by atoms with Gasteiger partial charge < -0.3 is 0 Å². The second kappa shape index (κ2) is 10.4. The van der Waals surface area contributed by atoms with E-state index in [1.54, 1.807) is 0 Å². The van der Waals surface area contributed by atoms with E-state index in [1.165, 1.54) is 91.0 Å². The van der Waals surface area contributed by atoms with Crippen LogP contribution in [0.1, 0.15) is 0 Å². The minimum atomic E-state index is -7.02. The molecule has 0 aromatic heterocycles. The Bertz CT molecular complexity index is 1350. The highest BCUT2D eigenvalue weighted by atomic mass is 127. The van der Waals surface area contributed by atoms with E-state index in [0.717, 1.165) is 0 Å². The zero-order chi connectivity index (χ0) is 27.8. The zero-order valence-corrected chi connectivity index (χ0v) is 22.6. The smallest absolute Gasteiger partial charge is 0.202 e. The molecule has 0 bridgehead atoms. The lowest BCUT2D eigenvalue weighted by atomic mass is 10.3. The normalized spacial score (nSPS) is 14.4. The first-order chi connectivity index (χ1) is 17.1. The molecule has 3 aromatic carbocycles. The second-order valence-corrected chi connectivity index (χ2v) is 14.3. The largest absolute Gasteiger partial charge is 0.440 e. The van der Waals surface area contributed by atoms with Gasteiger partial charge in [0.15, 0.2) is 0 Å². The van der Waals surface area contributed by atoms with Gasteiger partial charge in [-0.3, -0.25) is 0 Å². The van der Waals surface area contributed by atoms with Crippen molar-refractivity contribution < 1.29 is 49.3 Å². The third-order valence-electron chi connectivity index (χ3n) is 4.86. The number of benzene rings is 3. The van der Waals surface area contributed by atoms with Gasteiger partial charge in [0.25, 0.3) is 0 Å². The molecule has 16 heteroatoms. The number of halogens is 7. The van der Waals surface area contributed by atoms with Crippen molar-refractivity contribution in [2.45, 2.75) is 31.1 Å². The van der Waals surface area contributed by atoms with Crippen molar-refractivity contribution in [2.24, 2.45) is 0 Å². The van der Waals surface area contributed by atoms with Crippen LogP contribution in [0.3, 0.4) is 0 Å². The Balaban J connectivity index is 2.33. The topological polar surface area (TPSA) is 86.7 Å². The van der Waals surface area contributed by atoms with Crippen molar-refractivity contribution in [3.8, 4) is 0 Å².